The van der Waals surface area contributed by atoms with Crippen LogP contribution in [0.1, 0.15) is 42.3 Å². The number of carbonyl (C=O) groups excluding carboxylic acids is 2. The topological polar surface area (TPSA) is 137 Å². The number of rotatable bonds is 5. The molecule has 0 radical (unpaired) electrons. The number of aromatic nitrogens is 1. The molecule has 3 amide bonds. The summed E-state index contributed by atoms with van der Waals surface area (Å²) in [5.74, 6) is -1.04. The van der Waals surface area contributed by atoms with E-state index in [1.165, 1.54) is 11.3 Å². The first-order valence-corrected chi connectivity index (χ1v) is 13.3. The molecule has 4 N–H and O–H groups in total. The number of benzene rings is 3. The Morgan fingerprint density at radius 2 is 1.74 bits per heavy atom. The summed E-state index contributed by atoms with van der Waals surface area (Å²) in [5.41, 5.74) is 15.6. The molecule has 0 unspecified atom stereocenters. The highest BCUT2D eigenvalue weighted by atomic mass is 35.5. The van der Waals surface area contributed by atoms with Crippen LogP contribution in [-0.2, 0) is 12.0 Å². The van der Waals surface area contributed by atoms with Crippen LogP contribution in [0.4, 0.5) is 15.6 Å². The van der Waals surface area contributed by atoms with Gasteiger partial charge in [-0.1, -0.05) is 79.6 Å². The van der Waals surface area contributed by atoms with Crippen LogP contribution in [0.25, 0.3) is 10.2 Å². The quantitative estimate of drug-likeness (QED) is 0.127. The molecule has 200 valence electrons. The zero-order chi connectivity index (χ0) is 28.3. The number of amides is 3. The number of nitrogens with one attached hydrogen (secondary N) is 2. The highest BCUT2D eigenvalue weighted by molar-refractivity contribution is 7.23. The van der Waals surface area contributed by atoms with Gasteiger partial charge in [-0.2, -0.15) is 4.99 Å². The minimum Gasteiger partial charge on any atom is -0.366 e. The Bertz CT molecular complexity index is 1580. The number of thiazole rings is 1. The number of aliphatic imine (C=N–C) groups is 1. The third-order valence-corrected chi connectivity index (χ3v) is 7.43. The van der Waals surface area contributed by atoms with Gasteiger partial charge in [-0.3, -0.25) is 15.0 Å². The fourth-order valence-corrected chi connectivity index (χ4v) is 5.16. The maximum atomic E-state index is 13.6. The van der Waals surface area contributed by atoms with E-state index in [0.29, 0.717) is 26.4 Å². The lowest BCUT2D eigenvalue weighted by molar-refractivity contribution is 0.100. The van der Waals surface area contributed by atoms with E-state index in [2.05, 4.69) is 41.2 Å². The molecule has 9 nitrogen and oxygen atoms in total. The Morgan fingerprint density at radius 3 is 2.36 bits per heavy atom. The van der Waals surface area contributed by atoms with Crippen LogP contribution in [-0.4, -0.2) is 22.9 Å². The molecule has 1 heterocycles. The molecule has 4 rings (SSSR count). The lowest BCUT2D eigenvalue weighted by Crippen LogP contribution is -2.34. The van der Waals surface area contributed by atoms with Gasteiger partial charge in [0, 0.05) is 16.3 Å². The summed E-state index contributed by atoms with van der Waals surface area (Å²) in [4.78, 5) is 35.4. The lowest BCUT2D eigenvalue weighted by Gasteiger charge is -2.25. The monoisotopic (exact) mass is 581 g/mol. The van der Waals surface area contributed by atoms with Crippen molar-refractivity contribution in [2.24, 2.45) is 15.8 Å². The summed E-state index contributed by atoms with van der Waals surface area (Å²) in [6.45, 7) is 6.57. The number of anilines is 2. The number of urea groups is 1. The molecule has 0 spiro atoms. The zero-order valence-electron chi connectivity index (χ0n) is 21.3. The normalized spacial score (nSPS) is 11.9. The molecular formula is C27H25Cl2N7O2S. The van der Waals surface area contributed by atoms with Crippen LogP contribution >= 0.6 is 34.5 Å². The van der Waals surface area contributed by atoms with Crippen molar-refractivity contribution < 1.29 is 9.59 Å². The van der Waals surface area contributed by atoms with Gasteiger partial charge >= 0.3 is 6.03 Å². The standard InChI is InChI=1S/C27H25Cl2N7O2S/c1-27(2,3)17-8-10-19(11-9-17)36(14-15-4-6-16(7-5-15)23(37)33-24(30)35-31)26(38)34-25-32-21-13-18(28)12-20(29)22(21)39-25/h4-13,31H,14H2,1-3H3,(H2,30,33,37)(H,32,34,38). The van der Waals surface area contributed by atoms with Crippen LogP contribution in [0.5, 0.6) is 0 Å². The predicted octanol–water partition coefficient (Wildman–Crippen LogP) is 7.63. The average Bonchev–Trinajstić information content (AvgIpc) is 3.29. The van der Waals surface area contributed by atoms with Crippen molar-refractivity contribution >= 4 is 73.5 Å². The smallest absolute Gasteiger partial charge is 0.328 e. The Balaban J connectivity index is 1.63. The van der Waals surface area contributed by atoms with E-state index >= 15 is 0 Å². The predicted molar refractivity (Wildman–Crippen MR) is 158 cm³/mol. The summed E-state index contributed by atoms with van der Waals surface area (Å²) >= 11 is 13.7. The number of nitrogens with zero attached hydrogens (tertiary/aromatic N) is 4. The number of guanidine groups is 1. The lowest BCUT2D eigenvalue weighted by atomic mass is 9.87. The van der Waals surface area contributed by atoms with Crippen molar-refractivity contribution in [1.29, 1.82) is 5.53 Å². The second-order valence-corrected chi connectivity index (χ2v) is 11.5. The Hall–Kier alpha value is -3.86. The number of nitrogens with two attached hydrogens (primary N) is 1. The van der Waals surface area contributed by atoms with Crippen LogP contribution in [0, 0.1) is 5.53 Å². The minimum absolute atomic E-state index is 0.0470. The van der Waals surface area contributed by atoms with E-state index < -0.39 is 17.9 Å². The van der Waals surface area contributed by atoms with Crippen molar-refractivity contribution in [1.82, 2.24) is 4.98 Å². The van der Waals surface area contributed by atoms with Gasteiger partial charge in [0.25, 0.3) is 5.91 Å². The number of hydrogen-bond acceptors (Lipinski definition) is 5. The number of carbonyl (C=O) groups is 2. The number of hydrogen-bond donors (Lipinski definition) is 3. The molecule has 0 bridgehead atoms. The highest BCUT2D eigenvalue weighted by Crippen LogP contribution is 2.35. The van der Waals surface area contributed by atoms with E-state index in [0.717, 1.165) is 15.8 Å². The third-order valence-electron chi connectivity index (χ3n) is 5.79. The molecule has 12 heteroatoms. The van der Waals surface area contributed by atoms with E-state index in [1.807, 2.05) is 24.3 Å². The maximum absolute atomic E-state index is 13.6. The minimum atomic E-state index is -0.614. The SMILES string of the molecule is CC(C)(C)c1ccc(N(Cc2ccc(C(=O)N=C(N)N=N)cc2)C(=O)Nc2nc3cc(Cl)cc(Cl)c3s2)cc1. The second-order valence-electron chi connectivity index (χ2n) is 9.65. The molecule has 4 aromatic rings. The molecule has 0 saturated heterocycles. The molecule has 1 aromatic heterocycles. The fraction of sp³-hybridized carbons (Fsp3) is 0.185. The van der Waals surface area contributed by atoms with Crippen molar-refractivity contribution in [2.75, 3.05) is 10.2 Å². The largest absolute Gasteiger partial charge is 0.366 e. The summed E-state index contributed by atoms with van der Waals surface area (Å²) in [7, 11) is 0. The molecule has 3 aromatic carbocycles. The van der Waals surface area contributed by atoms with Crippen LogP contribution in [0.3, 0.4) is 0 Å². The first-order chi connectivity index (χ1) is 18.4. The molecular weight excluding hydrogens is 557 g/mol. The summed E-state index contributed by atoms with van der Waals surface area (Å²) in [6, 6.07) is 17.3. The Labute approximate surface area is 239 Å². The van der Waals surface area contributed by atoms with Gasteiger partial charge in [0.05, 0.1) is 21.8 Å². The molecule has 0 atom stereocenters. The fourth-order valence-electron chi connectivity index (χ4n) is 3.72. The molecule has 0 aliphatic carbocycles. The van der Waals surface area contributed by atoms with Gasteiger partial charge in [0.2, 0.25) is 5.96 Å². The average molecular weight is 583 g/mol. The molecule has 39 heavy (non-hydrogen) atoms. The summed E-state index contributed by atoms with van der Waals surface area (Å²) < 4.78 is 0.721. The van der Waals surface area contributed by atoms with E-state index in [4.69, 9.17) is 34.5 Å². The summed E-state index contributed by atoms with van der Waals surface area (Å²) in [5, 5.41) is 7.11. The highest BCUT2D eigenvalue weighted by Gasteiger charge is 2.21. The number of halogens is 2. The first-order valence-electron chi connectivity index (χ1n) is 11.7. The van der Waals surface area contributed by atoms with Crippen molar-refractivity contribution in [3.8, 4) is 0 Å². The molecule has 0 saturated carbocycles. The van der Waals surface area contributed by atoms with Gasteiger partial charge < -0.3 is 5.73 Å². The van der Waals surface area contributed by atoms with E-state index in [-0.39, 0.29) is 17.5 Å². The zero-order valence-corrected chi connectivity index (χ0v) is 23.7. The van der Waals surface area contributed by atoms with Crippen molar-refractivity contribution in [2.45, 2.75) is 32.7 Å². The Morgan fingerprint density at radius 1 is 1.08 bits per heavy atom. The van der Waals surface area contributed by atoms with E-state index in [9.17, 15) is 9.59 Å². The third kappa shape index (κ3) is 6.78. The van der Waals surface area contributed by atoms with Gasteiger partial charge in [-0.15, -0.1) is 5.11 Å². The molecule has 0 aliphatic rings. The van der Waals surface area contributed by atoms with Crippen molar-refractivity contribution in [3.63, 3.8) is 0 Å². The van der Waals surface area contributed by atoms with Crippen LogP contribution in [0.15, 0.2) is 70.8 Å². The Kier molecular flexibility index (Phi) is 8.29. The van der Waals surface area contributed by atoms with Gasteiger partial charge in [0.15, 0.2) is 5.13 Å². The van der Waals surface area contributed by atoms with Crippen LogP contribution in [0.2, 0.25) is 10.0 Å². The molecule has 0 fully saturated rings. The van der Waals surface area contributed by atoms with Gasteiger partial charge in [-0.05, 0) is 52.9 Å². The van der Waals surface area contributed by atoms with E-state index in [1.54, 1.807) is 41.3 Å². The molecule has 0 aliphatic heterocycles. The summed E-state index contributed by atoms with van der Waals surface area (Å²) in [6.07, 6.45) is 0. The van der Waals surface area contributed by atoms with Crippen LogP contribution < -0.4 is 16.0 Å². The van der Waals surface area contributed by atoms with Gasteiger partial charge in [0.1, 0.15) is 0 Å². The second kappa shape index (κ2) is 11.5. The maximum Gasteiger partial charge on any atom is 0.328 e. The first kappa shape index (κ1) is 28.2. The van der Waals surface area contributed by atoms with Crippen molar-refractivity contribution in [3.05, 3.63) is 87.4 Å². The van der Waals surface area contributed by atoms with Gasteiger partial charge in [-0.25, -0.2) is 15.3 Å². The number of fused-ring (bicyclic) bond motifs is 1.